The van der Waals surface area contributed by atoms with Gasteiger partial charge in [0.2, 0.25) is 0 Å². The molecule has 3 aromatic rings. The van der Waals surface area contributed by atoms with Crippen LogP contribution >= 0.6 is 23.2 Å². The average molecular weight is 390 g/mol. The molecule has 0 aliphatic rings. The highest BCUT2D eigenvalue weighted by Gasteiger charge is 2.12. The molecule has 3 rings (SSSR count). The highest BCUT2D eigenvalue weighted by atomic mass is 35.5. The predicted octanol–water partition coefficient (Wildman–Crippen LogP) is 4.55. The van der Waals surface area contributed by atoms with E-state index < -0.39 is 5.97 Å². The van der Waals surface area contributed by atoms with Crippen LogP contribution in [0.4, 0.5) is 28.7 Å². The first-order valence-corrected chi connectivity index (χ1v) is 8.13. The van der Waals surface area contributed by atoms with Crippen LogP contribution in [-0.4, -0.2) is 21.0 Å². The molecule has 1 aromatic heterocycles. The largest absolute Gasteiger partial charge is 0.478 e. The lowest BCUT2D eigenvalue weighted by atomic mass is 10.2. The Balaban J connectivity index is 1.85. The second-order valence-corrected chi connectivity index (χ2v) is 6.00. The van der Waals surface area contributed by atoms with Crippen molar-refractivity contribution in [2.45, 2.75) is 0 Å². The summed E-state index contributed by atoms with van der Waals surface area (Å²) in [6.45, 7) is 0. The van der Waals surface area contributed by atoms with Crippen LogP contribution in [0.1, 0.15) is 10.4 Å². The van der Waals surface area contributed by atoms with Crippen molar-refractivity contribution in [1.29, 1.82) is 0 Å². The number of hydrogen-bond donors (Lipinski definition) is 4. The van der Waals surface area contributed by atoms with Gasteiger partial charge >= 0.3 is 5.97 Å². The Morgan fingerprint density at radius 1 is 1.00 bits per heavy atom. The van der Waals surface area contributed by atoms with Gasteiger partial charge in [0.25, 0.3) is 0 Å². The minimum Gasteiger partial charge on any atom is -0.478 e. The van der Waals surface area contributed by atoms with E-state index in [4.69, 9.17) is 34.0 Å². The van der Waals surface area contributed by atoms with E-state index >= 15 is 0 Å². The Morgan fingerprint density at radius 3 is 2.31 bits per heavy atom. The molecule has 0 radical (unpaired) electrons. The molecule has 26 heavy (non-hydrogen) atoms. The van der Waals surface area contributed by atoms with Gasteiger partial charge in [-0.05, 0) is 36.4 Å². The molecule has 0 spiro atoms. The minimum atomic E-state index is -0.997. The molecule has 0 saturated carbocycles. The van der Waals surface area contributed by atoms with E-state index in [0.29, 0.717) is 33.1 Å². The predicted molar refractivity (Wildman–Crippen MR) is 103 cm³/mol. The molecule has 5 N–H and O–H groups in total. The Hall–Kier alpha value is -3.03. The summed E-state index contributed by atoms with van der Waals surface area (Å²) >= 11 is 12.2. The van der Waals surface area contributed by atoms with Crippen molar-refractivity contribution in [3.8, 4) is 0 Å². The van der Waals surface area contributed by atoms with Crippen LogP contribution in [0, 0.1) is 0 Å². The molecule has 2 aromatic carbocycles. The maximum atomic E-state index is 10.9. The number of nitrogen functional groups attached to an aromatic ring is 1. The van der Waals surface area contributed by atoms with Crippen molar-refractivity contribution in [1.82, 2.24) is 9.97 Å². The molecule has 0 aliphatic carbocycles. The number of hydrogen-bond acceptors (Lipinski definition) is 6. The van der Waals surface area contributed by atoms with Crippen molar-refractivity contribution in [2.75, 3.05) is 16.4 Å². The van der Waals surface area contributed by atoms with Crippen molar-refractivity contribution in [3.63, 3.8) is 0 Å². The molecule has 7 nitrogen and oxygen atoms in total. The van der Waals surface area contributed by atoms with Crippen LogP contribution in [0.25, 0.3) is 0 Å². The van der Waals surface area contributed by atoms with Gasteiger partial charge in [0, 0.05) is 5.69 Å². The third-order valence-corrected chi connectivity index (χ3v) is 4.30. The highest BCUT2D eigenvalue weighted by molar-refractivity contribution is 6.43. The molecule has 0 fully saturated rings. The lowest BCUT2D eigenvalue weighted by Gasteiger charge is -2.13. The topological polar surface area (TPSA) is 113 Å². The second-order valence-electron chi connectivity index (χ2n) is 5.22. The number of anilines is 5. The zero-order valence-corrected chi connectivity index (χ0v) is 14.7. The van der Waals surface area contributed by atoms with Gasteiger partial charge in [-0.3, -0.25) is 0 Å². The van der Waals surface area contributed by atoms with Crippen LogP contribution in [0.15, 0.2) is 48.8 Å². The smallest absolute Gasteiger partial charge is 0.335 e. The second kappa shape index (κ2) is 7.47. The van der Waals surface area contributed by atoms with Crippen LogP contribution in [0.3, 0.4) is 0 Å². The fourth-order valence-corrected chi connectivity index (χ4v) is 2.50. The summed E-state index contributed by atoms with van der Waals surface area (Å²) in [6, 6.07) is 11.4. The summed E-state index contributed by atoms with van der Waals surface area (Å²) < 4.78 is 0. The number of nitrogens with two attached hydrogens (primary N) is 1. The molecule has 1 heterocycles. The third kappa shape index (κ3) is 3.79. The zero-order valence-electron chi connectivity index (χ0n) is 13.2. The average Bonchev–Trinajstić information content (AvgIpc) is 2.62. The monoisotopic (exact) mass is 389 g/mol. The van der Waals surface area contributed by atoms with Gasteiger partial charge in [0.1, 0.15) is 12.0 Å². The van der Waals surface area contributed by atoms with Gasteiger partial charge in [-0.2, -0.15) is 0 Å². The number of carboxylic acids is 1. The number of nitrogens with one attached hydrogen (secondary N) is 2. The van der Waals surface area contributed by atoms with Gasteiger partial charge in [-0.25, -0.2) is 14.8 Å². The summed E-state index contributed by atoms with van der Waals surface area (Å²) in [5, 5.41) is 15.7. The minimum absolute atomic E-state index is 0.184. The number of aromatic nitrogens is 2. The van der Waals surface area contributed by atoms with Gasteiger partial charge in [-0.1, -0.05) is 29.3 Å². The fourth-order valence-electron chi connectivity index (χ4n) is 2.16. The summed E-state index contributed by atoms with van der Waals surface area (Å²) in [4.78, 5) is 19.1. The van der Waals surface area contributed by atoms with E-state index in [1.165, 1.54) is 18.5 Å². The lowest BCUT2D eigenvalue weighted by molar-refractivity contribution is 0.0697. The molecule has 0 unspecified atom stereocenters. The lowest BCUT2D eigenvalue weighted by Crippen LogP contribution is -2.05. The third-order valence-electron chi connectivity index (χ3n) is 3.48. The number of benzene rings is 2. The molecular formula is C17H13Cl2N5O2. The summed E-state index contributed by atoms with van der Waals surface area (Å²) in [6.07, 6.45) is 1.34. The molecule has 132 valence electrons. The van der Waals surface area contributed by atoms with Crippen LogP contribution in [0.5, 0.6) is 0 Å². The molecule has 0 atom stereocenters. The van der Waals surface area contributed by atoms with Crippen molar-refractivity contribution >= 4 is 57.9 Å². The molecule has 0 saturated heterocycles. The summed E-state index contributed by atoms with van der Waals surface area (Å²) in [5.41, 5.74) is 7.77. The van der Waals surface area contributed by atoms with Gasteiger partial charge < -0.3 is 21.5 Å². The van der Waals surface area contributed by atoms with E-state index in [-0.39, 0.29) is 11.3 Å². The van der Waals surface area contributed by atoms with Gasteiger partial charge in [0.05, 0.1) is 21.3 Å². The van der Waals surface area contributed by atoms with Crippen molar-refractivity contribution in [3.05, 3.63) is 64.4 Å². The maximum Gasteiger partial charge on any atom is 0.335 e. The quantitative estimate of drug-likeness (QED) is 0.505. The van der Waals surface area contributed by atoms with Crippen LogP contribution in [0.2, 0.25) is 10.0 Å². The number of rotatable bonds is 5. The SMILES string of the molecule is Nc1c(Nc2ccc(C(=O)O)cc2)ncnc1Nc1cccc(Cl)c1Cl. The molecule has 0 aliphatic heterocycles. The van der Waals surface area contributed by atoms with Gasteiger partial charge in [-0.15, -0.1) is 0 Å². The first kappa shape index (κ1) is 17.8. The van der Waals surface area contributed by atoms with E-state index in [1.54, 1.807) is 30.3 Å². The zero-order chi connectivity index (χ0) is 18.7. The molecular weight excluding hydrogens is 377 g/mol. The van der Waals surface area contributed by atoms with Crippen LogP contribution < -0.4 is 16.4 Å². The molecule has 0 amide bonds. The summed E-state index contributed by atoms with van der Waals surface area (Å²) in [5.74, 6) is -0.277. The number of aromatic carboxylic acids is 1. The number of carboxylic acid groups (broad SMARTS) is 1. The fraction of sp³-hybridized carbons (Fsp3) is 0. The Labute approximate surface area is 158 Å². The van der Waals surface area contributed by atoms with E-state index in [9.17, 15) is 4.79 Å². The van der Waals surface area contributed by atoms with E-state index in [0.717, 1.165) is 0 Å². The normalized spacial score (nSPS) is 10.4. The number of nitrogens with zero attached hydrogens (tertiary/aromatic N) is 2. The molecule has 0 bridgehead atoms. The molecule has 9 heteroatoms. The van der Waals surface area contributed by atoms with E-state index in [2.05, 4.69) is 20.6 Å². The van der Waals surface area contributed by atoms with Crippen molar-refractivity contribution < 1.29 is 9.90 Å². The standard InChI is InChI=1S/C17H13Cl2N5O2/c18-11-2-1-3-12(13(11)19)24-16-14(20)15(21-8-22-16)23-10-6-4-9(5-7-10)17(25)26/h1-8H,20H2,(H,25,26)(H2,21,22,23,24). The number of carbonyl (C=O) groups is 1. The highest BCUT2D eigenvalue weighted by Crippen LogP contribution is 2.34. The first-order valence-electron chi connectivity index (χ1n) is 7.37. The van der Waals surface area contributed by atoms with Crippen molar-refractivity contribution in [2.24, 2.45) is 0 Å². The van der Waals surface area contributed by atoms with Gasteiger partial charge in [0.15, 0.2) is 11.6 Å². The number of halogens is 2. The van der Waals surface area contributed by atoms with E-state index in [1.807, 2.05) is 0 Å². The first-order chi connectivity index (χ1) is 12.5. The van der Waals surface area contributed by atoms with Crippen LogP contribution in [-0.2, 0) is 0 Å². The maximum absolute atomic E-state index is 10.9. The Morgan fingerprint density at radius 2 is 1.65 bits per heavy atom. The Kier molecular flexibility index (Phi) is 5.11. The Bertz CT molecular complexity index is 964. The summed E-state index contributed by atoms with van der Waals surface area (Å²) in [7, 11) is 0.